The van der Waals surface area contributed by atoms with Crippen molar-refractivity contribution < 1.29 is 65.9 Å². The van der Waals surface area contributed by atoms with Crippen molar-refractivity contribution >= 4 is 0 Å². The van der Waals surface area contributed by atoms with E-state index in [0.29, 0.717) is 50.5 Å². The second-order valence-electron chi connectivity index (χ2n) is 5.87. The molecule has 5 heterocycles. The van der Waals surface area contributed by atoms with E-state index in [-0.39, 0.29) is 32.7 Å². The number of hydrogen-bond acceptors (Lipinski definition) is 7. The van der Waals surface area contributed by atoms with Gasteiger partial charge in [-0.15, -0.1) is 0 Å². The Kier molecular flexibility index (Phi) is 9.40. The van der Waals surface area contributed by atoms with E-state index in [1.807, 2.05) is 0 Å². The summed E-state index contributed by atoms with van der Waals surface area (Å²) in [7, 11) is 0. The van der Waals surface area contributed by atoms with E-state index in [2.05, 4.69) is 11.7 Å². The van der Waals surface area contributed by atoms with Crippen LogP contribution < -0.4 is 0 Å². The van der Waals surface area contributed by atoms with E-state index in [1.54, 1.807) is 0 Å². The van der Waals surface area contributed by atoms with Crippen LogP contribution in [-0.2, 0) is 65.9 Å². The summed E-state index contributed by atoms with van der Waals surface area (Å²) in [6, 6.07) is 0. The van der Waals surface area contributed by atoms with E-state index in [1.165, 1.54) is 0 Å². The standard InChI is InChI=1S/C7H12O4.C5H8O2.C3H5O.Y/c1(6-3-10-6)8-5-9-2-7-4-11-7;1(4-2-6-4)5-3-7-5;1-3-2-4-3;/h6-7H,1-5H2;4-5H,1-3H2;3H,1-2H2;/q;;-1;. The van der Waals surface area contributed by atoms with Gasteiger partial charge in [0.15, 0.2) is 0 Å². The minimum absolute atomic E-state index is 0. The first-order chi connectivity index (χ1) is 10.8. The molecule has 8 heteroatoms. The molecule has 23 heavy (non-hydrogen) atoms. The molecule has 0 aromatic rings. The number of hydrogen-bond donors (Lipinski definition) is 0. The summed E-state index contributed by atoms with van der Waals surface area (Å²) < 4.78 is 34.7. The molecule has 5 rings (SSSR count). The summed E-state index contributed by atoms with van der Waals surface area (Å²) in [5.74, 6) is 0. The third-order valence-electron chi connectivity index (χ3n) is 3.31. The molecule has 0 saturated carbocycles. The Morgan fingerprint density at radius 2 is 1.04 bits per heavy atom. The Bertz CT molecular complexity index is 289. The van der Waals surface area contributed by atoms with Crippen LogP contribution in [0.2, 0.25) is 0 Å². The third kappa shape index (κ3) is 12.8. The number of epoxide rings is 5. The van der Waals surface area contributed by atoms with Crippen LogP contribution >= 0.6 is 0 Å². The minimum Gasteiger partial charge on any atom is -0.408 e. The van der Waals surface area contributed by atoms with Gasteiger partial charge in [0.1, 0.15) is 19.0 Å². The monoisotopic (exact) mass is 406 g/mol. The van der Waals surface area contributed by atoms with E-state index in [9.17, 15) is 0 Å². The van der Waals surface area contributed by atoms with Gasteiger partial charge >= 0.3 is 0 Å². The van der Waals surface area contributed by atoms with Gasteiger partial charge in [-0.05, 0) is 6.10 Å². The van der Waals surface area contributed by atoms with Gasteiger partial charge in [-0.1, -0.05) is 0 Å². The van der Waals surface area contributed by atoms with Crippen molar-refractivity contribution in [1.82, 2.24) is 0 Å². The zero-order chi connectivity index (χ0) is 15.2. The molecule has 0 aliphatic carbocycles. The Morgan fingerprint density at radius 3 is 1.30 bits per heavy atom. The van der Waals surface area contributed by atoms with Crippen molar-refractivity contribution in [2.24, 2.45) is 0 Å². The largest absolute Gasteiger partial charge is 0.408 e. The number of ether oxygens (including phenoxy) is 7. The molecular weight excluding hydrogens is 381 g/mol. The minimum atomic E-state index is 0. The maximum Gasteiger partial charge on any atom is 0.146 e. The van der Waals surface area contributed by atoms with Crippen LogP contribution in [0.5, 0.6) is 0 Å². The summed E-state index contributed by atoms with van der Waals surface area (Å²) in [5.41, 5.74) is 0. The van der Waals surface area contributed by atoms with Gasteiger partial charge in [0, 0.05) is 45.7 Å². The third-order valence-corrected chi connectivity index (χ3v) is 3.31. The first-order valence-electron chi connectivity index (χ1n) is 7.86. The first-order valence-corrected chi connectivity index (χ1v) is 7.86. The molecule has 0 bridgehead atoms. The van der Waals surface area contributed by atoms with Crippen LogP contribution in [0.3, 0.4) is 0 Å². The maximum atomic E-state index is 5.13. The smallest absolute Gasteiger partial charge is 0.146 e. The predicted octanol–water partition coefficient (Wildman–Crippen LogP) is 0.166. The van der Waals surface area contributed by atoms with Crippen molar-refractivity contribution in [3.8, 4) is 0 Å². The van der Waals surface area contributed by atoms with E-state index < -0.39 is 0 Å². The fourth-order valence-corrected chi connectivity index (χ4v) is 1.52. The fourth-order valence-electron chi connectivity index (χ4n) is 1.52. The van der Waals surface area contributed by atoms with Crippen molar-refractivity contribution in [2.75, 3.05) is 53.0 Å². The molecule has 5 aliphatic rings. The fraction of sp³-hybridized carbons (Fsp3) is 0.933. The Balaban J connectivity index is 0.000000137. The van der Waals surface area contributed by atoms with Crippen molar-refractivity contribution in [3.63, 3.8) is 0 Å². The molecule has 5 fully saturated rings. The first kappa shape index (κ1) is 20.1. The molecule has 0 aromatic heterocycles. The van der Waals surface area contributed by atoms with Gasteiger partial charge in [-0.25, -0.2) is 0 Å². The predicted molar refractivity (Wildman–Crippen MR) is 75.4 cm³/mol. The van der Waals surface area contributed by atoms with Crippen LogP contribution in [0.1, 0.15) is 6.42 Å². The van der Waals surface area contributed by atoms with Crippen LogP contribution in [-0.4, -0.2) is 83.6 Å². The van der Waals surface area contributed by atoms with Gasteiger partial charge in [0.05, 0.1) is 51.8 Å². The number of rotatable bonds is 8. The van der Waals surface area contributed by atoms with Gasteiger partial charge in [-0.2, -0.15) is 0 Å². The van der Waals surface area contributed by atoms with Crippen molar-refractivity contribution in [1.29, 1.82) is 0 Å². The molecule has 5 aliphatic heterocycles. The van der Waals surface area contributed by atoms with Crippen LogP contribution in [0.25, 0.3) is 0 Å². The Labute approximate surface area is 162 Å². The molecule has 0 N–H and O–H groups in total. The summed E-state index contributed by atoms with van der Waals surface area (Å²) in [6.45, 7) is 9.70. The summed E-state index contributed by atoms with van der Waals surface area (Å²) in [4.78, 5) is 0. The Morgan fingerprint density at radius 1 is 0.696 bits per heavy atom. The second-order valence-corrected chi connectivity index (χ2v) is 5.87. The molecule has 5 unspecified atom stereocenters. The zero-order valence-electron chi connectivity index (χ0n) is 13.4. The molecule has 0 spiro atoms. The molecule has 5 atom stereocenters. The molecule has 5 saturated heterocycles. The summed E-state index contributed by atoms with van der Waals surface area (Å²) in [5, 5.41) is 0. The molecule has 0 amide bonds. The van der Waals surface area contributed by atoms with Crippen molar-refractivity contribution in [3.05, 3.63) is 6.92 Å². The normalized spacial score (nSPS) is 37.2. The molecule has 131 valence electrons. The van der Waals surface area contributed by atoms with E-state index in [4.69, 9.17) is 28.4 Å². The van der Waals surface area contributed by atoms with Gasteiger partial charge in [0.2, 0.25) is 0 Å². The molecule has 1 radical (unpaired) electrons. The van der Waals surface area contributed by atoms with Crippen LogP contribution in [0, 0.1) is 6.92 Å². The van der Waals surface area contributed by atoms with Crippen LogP contribution in [0.4, 0.5) is 0 Å². The summed E-state index contributed by atoms with van der Waals surface area (Å²) in [6.07, 6.45) is 3.26. The SMILES string of the molecule is C(OCC1CO1)OCC1CO1.C1OC1CC1CO1.[CH2-]C1CO1.[Y]. The summed E-state index contributed by atoms with van der Waals surface area (Å²) >= 11 is 0. The van der Waals surface area contributed by atoms with Gasteiger partial charge in [-0.3, -0.25) is 0 Å². The topological polar surface area (TPSA) is 81.1 Å². The van der Waals surface area contributed by atoms with Crippen molar-refractivity contribution in [2.45, 2.75) is 36.9 Å². The second kappa shape index (κ2) is 10.7. The zero-order valence-corrected chi connectivity index (χ0v) is 16.2. The van der Waals surface area contributed by atoms with Crippen LogP contribution in [0.15, 0.2) is 0 Å². The molecule has 7 nitrogen and oxygen atoms in total. The Hall–Kier alpha value is 0.824. The quantitative estimate of drug-likeness (QED) is 0.246. The molecule has 0 aromatic carbocycles. The maximum absolute atomic E-state index is 5.13. The van der Waals surface area contributed by atoms with E-state index in [0.717, 1.165) is 39.5 Å². The van der Waals surface area contributed by atoms with Gasteiger partial charge < -0.3 is 40.1 Å². The molecular formula is C15H25O7Y-. The average molecular weight is 406 g/mol. The average Bonchev–Trinajstić information content (AvgIpc) is 3.24. The van der Waals surface area contributed by atoms with E-state index >= 15 is 0 Å². The van der Waals surface area contributed by atoms with Gasteiger partial charge in [0.25, 0.3) is 0 Å².